The van der Waals surface area contributed by atoms with Crippen molar-refractivity contribution in [1.82, 2.24) is 10.2 Å². The predicted octanol–water partition coefficient (Wildman–Crippen LogP) is 2.21. The summed E-state index contributed by atoms with van der Waals surface area (Å²) in [6.45, 7) is 0.467. The Hall–Kier alpha value is -2.47. The van der Waals surface area contributed by atoms with Crippen LogP contribution in [0, 0.1) is 0 Å². The number of nitrogens with one attached hydrogen (secondary N) is 1. The zero-order valence-corrected chi connectivity index (χ0v) is 15.1. The highest BCUT2D eigenvalue weighted by molar-refractivity contribution is 7.99. The van der Waals surface area contributed by atoms with Crippen LogP contribution in [0.25, 0.3) is 0 Å². The summed E-state index contributed by atoms with van der Waals surface area (Å²) in [5.41, 5.74) is 2.08. The van der Waals surface area contributed by atoms with Gasteiger partial charge in [0, 0.05) is 18.7 Å². The fourth-order valence-corrected chi connectivity index (χ4v) is 4.45. The third-order valence-corrected chi connectivity index (χ3v) is 5.71. The van der Waals surface area contributed by atoms with Gasteiger partial charge in [0.15, 0.2) is 6.10 Å². The molecule has 2 aliphatic rings. The maximum Gasteiger partial charge on any atom is 0.265 e. The Morgan fingerprint density at radius 1 is 1.12 bits per heavy atom. The number of hydrogen-bond acceptors (Lipinski definition) is 4. The lowest BCUT2D eigenvalue weighted by Gasteiger charge is -2.25. The number of fused-ring (bicyclic) bond motifs is 1. The van der Waals surface area contributed by atoms with Crippen LogP contribution in [0.4, 0.5) is 0 Å². The van der Waals surface area contributed by atoms with Gasteiger partial charge in [0.05, 0.1) is 5.88 Å². The molecular weight excluding hydrogens is 348 g/mol. The zero-order valence-electron chi connectivity index (χ0n) is 14.3. The summed E-state index contributed by atoms with van der Waals surface area (Å²) in [5.74, 6) is 1.70. The van der Waals surface area contributed by atoms with Gasteiger partial charge >= 0.3 is 0 Å². The Morgan fingerprint density at radius 3 is 2.69 bits per heavy atom. The number of carbonyl (C=O) groups excluding carboxylic acids is 2. The first-order chi connectivity index (χ1) is 12.7. The molecule has 0 aliphatic carbocycles. The van der Waals surface area contributed by atoms with Crippen molar-refractivity contribution < 1.29 is 14.3 Å². The smallest absolute Gasteiger partial charge is 0.265 e. The third-order valence-electron chi connectivity index (χ3n) is 4.70. The van der Waals surface area contributed by atoms with Crippen LogP contribution in [0.15, 0.2) is 54.6 Å². The maximum atomic E-state index is 12.9. The van der Waals surface area contributed by atoms with Crippen LogP contribution < -0.4 is 10.1 Å². The average molecular weight is 368 g/mol. The molecule has 2 amide bonds. The molecule has 0 bridgehead atoms. The average Bonchev–Trinajstić information content (AvgIpc) is 3.33. The van der Waals surface area contributed by atoms with Gasteiger partial charge in [0.1, 0.15) is 11.8 Å². The zero-order chi connectivity index (χ0) is 17.9. The molecule has 2 heterocycles. The monoisotopic (exact) mass is 368 g/mol. The van der Waals surface area contributed by atoms with Gasteiger partial charge in [-0.25, -0.2) is 0 Å². The summed E-state index contributed by atoms with van der Waals surface area (Å²) in [7, 11) is 0. The standard InChI is InChI=1S/C20H20N2O3S/c23-19(21-11-14-6-2-1-3-7-14)16-12-26-13-22(16)20(24)18-10-15-8-4-5-9-17(15)25-18/h1-9,16,18H,10-13H2,(H,21,23)/t16-,18-/m1/s1. The second-order valence-electron chi connectivity index (χ2n) is 6.45. The Balaban J connectivity index is 1.38. The second-order valence-corrected chi connectivity index (χ2v) is 7.45. The molecule has 0 radical (unpaired) electrons. The Labute approximate surface area is 156 Å². The summed E-state index contributed by atoms with van der Waals surface area (Å²) in [5, 5.41) is 2.95. The van der Waals surface area contributed by atoms with Gasteiger partial charge in [0.2, 0.25) is 5.91 Å². The summed E-state index contributed by atoms with van der Waals surface area (Å²) < 4.78 is 5.81. The minimum Gasteiger partial charge on any atom is -0.480 e. The summed E-state index contributed by atoms with van der Waals surface area (Å²) in [4.78, 5) is 27.2. The second kappa shape index (κ2) is 7.41. The quantitative estimate of drug-likeness (QED) is 0.899. The molecule has 2 aromatic rings. The van der Waals surface area contributed by atoms with Crippen molar-refractivity contribution in [2.75, 3.05) is 11.6 Å². The molecule has 0 aromatic heterocycles. The molecule has 0 saturated carbocycles. The van der Waals surface area contributed by atoms with E-state index in [9.17, 15) is 9.59 Å². The first-order valence-corrected chi connectivity index (χ1v) is 9.82. The SMILES string of the molecule is O=C(NCc1ccccc1)[C@H]1CSCN1C(=O)[C@H]1Cc2ccccc2O1. The molecule has 26 heavy (non-hydrogen) atoms. The fraction of sp³-hybridized carbons (Fsp3) is 0.300. The lowest BCUT2D eigenvalue weighted by atomic mass is 10.1. The topological polar surface area (TPSA) is 58.6 Å². The highest BCUT2D eigenvalue weighted by Crippen LogP contribution is 2.31. The lowest BCUT2D eigenvalue weighted by molar-refractivity contribution is -0.143. The van der Waals surface area contributed by atoms with Crippen LogP contribution in [-0.2, 0) is 22.6 Å². The molecule has 2 atom stereocenters. The van der Waals surface area contributed by atoms with Crippen molar-refractivity contribution >= 4 is 23.6 Å². The number of nitrogens with zero attached hydrogens (tertiary/aromatic N) is 1. The van der Waals surface area contributed by atoms with Gasteiger partial charge in [-0.2, -0.15) is 0 Å². The molecule has 0 spiro atoms. The van der Waals surface area contributed by atoms with Crippen LogP contribution in [-0.4, -0.2) is 40.5 Å². The number of benzene rings is 2. The van der Waals surface area contributed by atoms with Crippen molar-refractivity contribution in [2.45, 2.75) is 25.1 Å². The third kappa shape index (κ3) is 3.42. The van der Waals surface area contributed by atoms with Crippen molar-refractivity contribution in [3.8, 4) is 5.75 Å². The molecule has 5 nitrogen and oxygen atoms in total. The van der Waals surface area contributed by atoms with E-state index in [0.29, 0.717) is 24.6 Å². The van der Waals surface area contributed by atoms with Crippen molar-refractivity contribution in [3.63, 3.8) is 0 Å². The van der Waals surface area contributed by atoms with Gasteiger partial charge in [-0.05, 0) is 17.2 Å². The lowest BCUT2D eigenvalue weighted by Crippen LogP contribution is -2.50. The number of thioether (sulfide) groups is 1. The van der Waals surface area contributed by atoms with E-state index in [1.54, 1.807) is 16.7 Å². The van der Waals surface area contributed by atoms with Crippen LogP contribution in [0.1, 0.15) is 11.1 Å². The highest BCUT2D eigenvalue weighted by atomic mass is 32.2. The minimum absolute atomic E-state index is 0.105. The molecule has 2 aromatic carbocycles. The van der Waals surface area contributed by atoms with E-state index in [4.69, 9.17) is 4.74 Å². The van der Waals surface area contributed by atoms with E-state index in [1.165, 1.54) is 0 Å². The predicted molar refractivity (Wildman–Crippen MR) is 101 cm³/mol. The van der Waals surface area contributed by atoms with Gasteiger partial charge in [-0.3, -0.25) is 9.59 Å². The largest absolute Gasteiger partial charge is 0.480 e. The Morgan fingerprint density at radius 2 is 1.88 bits per heavy atom. The molecular formula is C20H20N2O3S. The van der Waals surface area contributed by atoms with E-state index >= 15 is 0 Å². The van der Waals surface area contributed by atoms with E-state index in [2.05, 4.69) is 5.32 Å². The van der Waals surface area contributed by atoms with E-state index in [0.717, 1.165) is 16.9 Å². The number of carbonyl (C=O) groups is 2. The Bertz CT molecular complexity index is 787. The summed E-state index contributed by atoms with van der Waals surface area (Å²) >= 11 is 1.60. The number of amides is 2. The molecule has 1 saturated heterocycles. The molecule has 134 valence electrons. The highest BCUT2D eigenvalue weighted by Gasteiger charge is 2.40. The van der Waals surface area contributed by atoms with Crippen LogP contribution >= 0.6 is 11.8 Å². The first kappa shape index (κ1) is 17.0. The van der Waals surface area contributed by atoms with E-state index in [1.807, 2.05) is 54.6 Å². The number of rotatable bonds is 4. The fourth-order valence-electron chi connectivity index (χ4n) is 3.28. The molecule has 1 N–H and O–H groups in total. The maximum absolute atomic E-state index is 12.9. The minimum atomic E-state index is -0.532. The first-order valence-electron chi connectivity index (χ1n) is 8.67. The van der Waals surface area contributed by atoms with Crippen LogP contribution in [0.5, 0.6) is 5.75 Å². The number of para-hydroxylation sites is 1. The van der Waals surface area contributed by atoms with Crippen molar-refractivity contribution in [3.05, 3.63) is 65.7 Å². The Kier molecular flexibility index (Phi) is 4.84. The normalized spacial score (nSPS) is 21.2. The van der Waals surface area contributed by atoms with Gasteiger partial charge in [-0.15, -0.1) is 11.8 Å². The van der Waals surface area contributed by atoms with Gasteiger partial charge < -0.3 is 15.0 Å². The summed E-state index contributed by atoms with van der Waals surface area (Å²) in [6.07, 6.45) is 0.0321. The summed E-state index contributed by atoms with van der Waals surface area (Å²) in [6, 6.07) is 17.0. The number of hydrogen-bond donors (Lipinski definition) is 1. The van der Waals surface area contributed by atoms with Crippen molar-refractivity contribution in [2.24, 2.45) is 0 Å². The number of ether oxygens (including phenoxy) is 1. The van der Waals surface area contributed by atoms with Gasteiger partial charge in [0.25, 0.3) is 5.91 Å². The van der Waals surface area contributed by atoms with Crippen LogP contribution in [0.3, 0.4) is 0 Å². The van der Waals surface area contributed by atoms with Crippen molar-refractivity contribution in [1.29, 1.82) is 0 Å². The molecule has 0 unspecified atom stereocenters. The molecule has 4 rings (SSSR count). The molecule has 1 fully saturated rings. The van der Waals surface area contributed by atoms with Gasteiger partial charge in [-0.1, -0.05) is 48.5 Å². The van der Waals surface area contributed by atoms with E-state index in [-0.39, 0.29) is 11.8 Å². The van der Waals surface area contributed by atoms with E-state index < -0.39 is 12.1 Å². The molecule has 6 heteroatoms. The molecule has 2 aliphatic heterocycles. The van der Waals surface area contributed by atoms with Crippen LogP contribution in [0.2, 0.25) is 0 Å².